The van der Waals surface area contributed by atoms with Crippen LogP contribution in [0.1, 0.15) is 58.7 Å². The summed E-state index contributed by atoms with van der Waals surface area (Å²) in [5.74, 6) is -1.63. The van der Waals surface area contributed by atoms with Gasteiger partial charge in [0.1, 0.15) is 39.9 Å². The van der Waals surface area contributed by atoms with Gasteiger partial charge in [-0.2, -0.15) is 5.26 Å². The molecule has 3 heterocycles. The molecule has 1 N–H and O–H groups in total. The third-order valence-electron chi connectivity index (χ3n) is 6.56. The van der Waals surface area contributed by atoms with E-state index in [4.69, 9.17) is 21.1 Å². The molecule has 2 aromatic carbocycles. The SMILES string of the molecule is CC(C)(C)OC(=O)Nc1sc2c(F)ccc(-c3c(Cl)cc4c(C5CN(C(=O)OC(C)(C)C)C5)ncnc4c3F)c2c1C#N. The van der Waals surface area contributed by atoms with Gasteiger partial charge in [0.2, 0.25) is 0 Å². The van der Waals surface area contributed by atoms with Crippen LogP contribution in [0.5, 0.6) is 0 Å². The predicted octanol–water partition coefficient (Wildman–Crippen LogP) is 8.00. The van der Waals surface area contributed by atoms with E-state index in [2.05, 4.69) is 15.3 Å². The van der Waals surface area contributed by atoms with Crippen LogP contribution in [0, 0.1) is 23.0 Å². The molecule has 1 fully saturated rings. The molecule has 9 nitrogen and oxygen atoms in total. The lowest BCUT2D eigenvalue weighted by molar-refractivity contribution is 0.00796. The lowest BCUT2D eigenvalue weighted by Crippen LogP contribution is -2.50. The number of amides is 2. The number of halogens is 3. The molecule has 4 aromatic rings. The van der Waals surface area contributed by atoms with Crippen molar-refractivity contribution in [1.82, 2.24) is 14.9 Å². The average Bonchev–Trinajstić information content (AvgIpc) is 3.21. The first-order valence-electron chi connectivity index (χ1n) is 13.3. The summed E-state index contributed by atoms with van der Waals surface area (Å²) in [5.41, 5.74) is -0.909. The van der Waals surface area contributed by atoms with Crippen molar-refractivity contribution in [3.63, 3.8) is 0 Å². The molecule has 0 bridgehead atoms. The summed E-state index contributed by atoms with van der Waals surface area (Å²) < 4.78 is 42.1. The second-order valence-electron chi connectivity index (χ2n) is 12.1. The Bertz CT molecular complexity index is 1840. The number of hydrogen-bond acceptors (Lipinski definition) is 8. The topological polar surface area (TPSA) is 117 Å². The zero-order valence-electron chi connectivity index (χ0n) is 24.3. The number of likely N-dealkylation sites (tertiary alicyclic amines) is 1. The highest BCUT2D eigenvalue weighted by molar-refractivity contribution is 7.23. The van der Waals surface area contributed by atoms with E-state index in [0.717, 1.165) is 17.4 Å². The first-order valence-corrected chi connectivity index (χ1v) is 14.5. The minimum absolute atomic E-state index is 0.00554. The summed E-state index contributed by atoms with van der Waals surface area (Å²) in [5, 5.41) is 13.1. The summed E-state index contributed by atoms with van der Waals surface area (Å²) in [6, 6.07) is 6.03. The van der Waals surface area contributed by atoms with Crippen LogP contribution >= 0.6 is 22.9 Å². The number of nitrogens with zero attached hydrogens (tertiary/aromatic N) is 4. The highest BCUT2D eigenvalue weighted by atomic mass is 35.5. The zero-order chi connectivity index (χ0) is 31.4. The number of carbonyl (C=O) groups excluding carboxylic acids is 2. The van der Waals surface area contributed by atoms with Crippen molar-refractivity contribution in [2.75, 3.05) is 18.4 Å². The van der Waals surface area contributed by atoms with Gasteiger partial charge in [0, 0.05) is 35.3 Å². The maximum atomic E-state index is 16.3. The fourth-order valence-electron chi connectivity index (χ4n) is 4.82. The van der Waals surface area contributed by atoms with Gasteiger partial charge < -0.3 is 14.4 Å². The van der Waals surface area contributed by atoms with Crippen LogP contribution < -0.4 is 5.32 Å². The van der Waals surface area contributed by atoms with E-state index in [-0.39, 0.29) is 48.2 Å². The maximum absolute atomic E-state index is 16.3. The Kier molecular flexibility index (Phi) is 7.69. The molecule has 5 rings (SSSR count). The second-order valence-corrected chi connectivity index (χ2v) is 13.6. The zero-order valence-corrected chi connectivity index (χ0v) is 25.8. The fraction of sp³-hybridized carbons (Fsp3) is 0.367. The lowest BCUT2D eigenvalue weighted by atomic mass is 9.91. The van der Waals surface area contributed by atoms with Crippen LogP contribution in [-0.2, 0) is 9.47 Å². The van der Waals surface area contributed by atoms with E-state index < -0.39 is 35.0 Å². The van der Waals surface area contributed by atoms with Crippen LogP contribution in [0.25, 0.3) is 32.1 Å². The molecule has 0 spiro atoms. The number of thiophene rings is 1. The number of nitrogens with one attached hydrogen (secondary N) is 1. The van der Waals surface area contributed by atoms with E-state index >= 15 is 8.78 Å². The first-order chi connectivity index (χ1) is 20.1. The van der Waals surface area contributed by atoms with Gasteiger partial charge in [0.05, 0.1) is 21.0 Å². The lowest BCUT2D eigenvalue weighted by Gasteiger charge is -2.39. The third-order valence-corrected chi connectivity index (χ3v) is 7.97. The molecule has 0 aliphatic carbocycles. The molecule has 2 amide bonds. The van der Waals surface area contributed by atoms with Crippen LogP contribution in [0.15, 0.2) is 24.5 Å². The quantitative estimate of drug-likeness (QED) is 0.244. The fourth-order valence-corrected chi connectivity index (χ4v) is 6.18. The van der Waals surface area contributed by atoms with Crippen LogP contribution in [0.4, 0.5) is 23.4 Å². The van der Waals surface area contributed by atoms with Gasteiger partial charge >= 0.3 is 12.2 Å². The smallest absolute Gasteiger partial charge is 0.412 e. The number of hydrogen-bond donors (Lipinski definition) is 1. The van der Waals surface area contributed by atoms with Crippen molar-refractivity contribution in [2.24, 2.45) is 0 Å². The van der Waals surface area contributed by atoms with E-state index in [0.29, 0.717) is 24.2 Å². The van der Waals surface area contributed by atoms with Gasteiger partial charge in [-0.1, -0.05) is 17.7 Å². The minimum atomic E-state index is -0.821. The number of aromatic nitrogens is 2. The Morgan fingerprint density at radius 1 is 1.12 bits per heavy atom. The predicted molar refractivity (Wildman–Crippen MR) is 160 cm³/mol. The van der Waals surface area contributed by atoms with Crippen LogP contribution in [-0.4, -0.2) is 51.3 Å². The number of nitriles is 1. The van der Waals surface area contributed by atoms with E-state index in [1.165, 1.54) is 23.4 Å². The van der Waals surface area contributed by atoms with Crippen molar-refractivity contribution in [2.45, 2.75) is 58.7 Å². The van der Waals surface area contributed by atoms with Crippen molar-refractivity contribution >= 4 is 61.1 Å². The number of anilines is 1. The molecule has 1 saturated heterocycles. The van der Waals surface area contributed by atoms with Gasteiger partial charge in [-0.15, -0.1) is 11.3 Å². The number of ether oxygens (including phenoxy) is 2. The highest BCUT2D eigenvalue weighted by Gasteiger charge is 2.37. The maximum Gasteiger partial charge on any atom is 0.412 e. The molecule has 1 aliphatic heterocycles. The van der Waals surface area contributed by atoms with Crippen molar-refractivity contribution in [1.29, 1.82) is 5.26 Å². The summed E-state index contributed by atoms with van der Waals surface area (Å²) in [7, 11) is 0. The van der Waals surface area contributed by atoms with Crippen molar-refractivity contribution < 1.29 is 27.8 Å². The molecule has 43 heavy (non-hydrogen) atoms. The Labute approximate surface area is 255 Å². The molecule has 1 aliphatic rings. The standard InChI is InChI=1S/C30H28ClF2N5O4S/c1-29(2,3)41-27(39)37-26-17(10-34)20-15(7-8-19(32)25(20)43-26)21-18(31)9-16-23(35-13-36-24(16)22(21)33)14-11-38(12-14)28(40)42-30(4,5)6/h7-9,13-14H,11-12H2,1-6H3,(H,37,39). The average molecular weight is 628 g/mol. The summed E-state index contributed by atoms with van der Waals surface area (Å²) in [4.78, 5) is 34.9. The molecule has 0 atom stereocenters. The molecule has 13 heteroatoms. The molecule has 2 aromatic heterocycles. The Hall–Kier alpha value is -4.08. The van der Waals surface area contributed by atoms with E-state index in [1.807, 2.05) is 6.07 Å². The van der Waals surface area contributed by atoms with Crippen LogP contribution in [0.2, 0.25) is 5.02 Å². The number of carbonyl (C=O) groups is 2. The molecule has 0 saturated carbocycles. The Morgan fingerprint density at radius 2 is 1.79 bits per heavy atom. The first kappa shape index (κ1) is 30.4. The van der Waals surface area contributed by atoms with Gasteiger partial charge in [-0.05, 0) is 59.2 Å². The number of fused-ring (bicyclic) bond motifs is 2. The molecule has 0 unspecified atom stereocenters. The van der Waals surface area contributed by atoms with E-state index in [9.17, 15) is 14.9 Å². The number of rotatable bonds is 3. The Morgan fingerprint density at radius 3 is 2.42 bits per heavy atom. The normalized spacial score (nSPS) is 14.0. The summed E-state index contributed by atoms with van der Waals surface area (Å²) >= 11 is 7.52. The van der Waals surface area contributed by atoms with Gasteiger partial charge in [-0.25, -0.2) is 28.3 Å². The summed E-state index contributed by atoms with van der Waals surface area (Å²) in [6.45, 7) is 11.1. The van der Waals surface area contributed by atoms with Crippen molar-refractivity contribution in [3.05, 3.63) is 52.4 Å². The second kappa shape index (κ2) is 10.9. The van der Waals surface area contributed by atoms with Gasteiger partial charge in [0.15, 0.2) is 5.82 Å². The number of benzene rings is 2. The van der Waals surface area contributed by atoms with Gasteiger partial charge in [-0.3, -0.25) is 5.32 Å². The molecular weight excluding hydrogens is 600 g/mol. The Balaban J connectivity index is 1.56. The largest absolute Gasteiger partial charge is 0.444 e. The molecule has 224 valence electrons. The minimum Gasteiger partial charge on any atom is -0.444 e. The van der Waals surface area contributed by atoms with Gasteiger partial charge in [0.25, 0.3) is 0 Å². The van der Waals surface area contributed by atoms with E-state index in [1.54, 1.807) is 41.5 Å². The monoisotopic (exact) mass is 627 g/mol. The molecular formula is C30H28ClF2N5O4S. The molecule has 0 radical (unpaired) electrons. The van der Waals surface area contributed by atoms with Crippen molar-refractivity contribution in [3.8, 4) is 17.2 Å². The summed E-state index contributed by atoms with van der Waals surface area (Å²) in [6.07, 6.45) is -0.0281. The van der Waals surface area contributed by atoms with Crippen LogP contribution in [0.3, 0.4) is 0 Å². The third kappa shape index (κ3) is 5.92. The highest BCUT2D eigenvalue weighted by Crippen LogP contribution is 2.46.